The van der Waals surface area contributed by atoms with Gasteiger partial charge < -0.3 is 18.9 Å². The molecule has 2 aromatic carbocycles. The summed E-state index contributed by atoms with van der Waals surface area (Å²) in [5, 5.41) is 2.16. The van der Waals surface area contributed by atoms with Gasteiger partial charge in [-0.1, -0.05) is 35.4 Å². The van der Waals surface area contributed by atoms with Crippen LogP contribution in [0.5, 0.6) is 0 Å². The van der Waals surface area contributed by atoms with E-state index in [1.807, 2.05) is 38.1 Å². The zero-order valence-corrected chi connectivity index (χ0v) is 21.1. The molecule has 1 aromatic heterocycles. The molecule has 3 atom stereocenters. The normalized spacial score (nSPS) is 19.0. The second-order valence-electron chi connectivity index (χ2n) is 8.46. The topological polar surface area (TPSA) is 101 Å². The molecule has 0 amide bonds. The quantitative estimate of drug-likeness (QED) is 0.314. The molecule has 0 bridgehead atoms. The van der Waals surface area contributed by atoms with Gasteiger partial charge in [0.2, 0.25) is 0 Å². The molecular formula is C27H27NO7S. The number of esters is 3. The van der Waals surface area contributed by atoms with Crippen molar-refractivity contribution in [3.63, 3.8) is 0 Å². The van der Waals surface area contributed by atoms with Crippen LogP contribution in [-0.2, 0) is 18.9 Å². The monoisotopic (exact) mass is 509 g/mol. The van der Waals surface area contributed by atoms with E-state index in [0.717, 1.165) is 11.1 Å². The molecule has 9 heteroatoms. The van der Waals surface area contributed by atoms with Gasteiger partial charge in [0.15, 0.2) is 5.69 Å². The molecule has 36 heavy (non-hydrogen) atoms. The molecule has 0 saturated carbocycles. The fourth-order valence-electron chi connectivity index (χ4n) is 3.71. The SMILES string of the molecule is CCOC(=O)c1csc([C@@H]2C[C@H](OC(=O)c3ccc(C)cc3)[C@@H](COC(=O)c3ccc(C)cc3)O2)n1. The van der Waals surface area contributed by atoms with Crippen molar-refractivity contribution >= 4 is 29.2 Å². The van der Waals surface area contributed by atoms with Crippen molar-refractivity contribution in [2.24, 2.45) is 0 Å². The van der Waals surface area contributed by atoms with Crippen LogP contribution >= 0.6 is 11.3 Å². The Morgan fingerprint density at radius 1 is 0.917 bits per heavy atom. The summed E-state index contributed by atoms with van der Waals surface area (Å²) in [7, 11) is 0. The van der Waals surface area contributed by atoms with Gasteiger partial charge in [0.05, 0.1) is 17.7 Å². The predicted molar refractivity (Wildman–Crippen MR) is 132 cm³/mol. The second-order valence-corrected chi connectivity index (χ2v) is 9.35. The lowest BCUT2D eigenvalue weighted by Crippen LogP contribution is -2.32. The van der Waals surface area contributed by atoms with E-state index in [9.17, 15) is 14.4 Å². The van der Waals surface area contributed by atoms with Crippen LogP contribution in [0.1, 0.15) is 66.8 Å². The molecule has 0 aliphatic carbocycles. The van der Waals surface area contributed by atoms with Crippen LogP contribution in [0, 0.1) is 13.8 Å². The van der Waals surface area contributed by atoms with Crippen LogP contribution in [0.4, 0.5) is 0 Å². The third-order valence-corrected chi connectivity index (χ3v) is 6.63. The highest BCUT2D eigenvalue weighted by atomic mass is 32.1. The van der Waals surface area contributed by atoms with E-state index in [1.165, 1.54) is 11.3 Å². The summed E-state index contributed by atoms with van der Waals surface area (Å²) in [4.78, 5) is 41.7. The summed E-state index contributed by atoms with van der Waals surface area (Å²) in [6.07, 6.45) is -1.60. The van der Waals surface area contributed by atoms with Crippen molar-refractivity contribution in [1.29, 1.82) is 0 Å². The van der Waals surface area contributed by atoms with Gasteiger partial charge in [0, 0.05) is 11.8 Å². The van der Waals surface area contributed by atoms with Crippen molar-refractivity contribution in [3.8, 4) is 0 Å². The molecule has 1 saturated heterocycles. The van der Waals surface area contributed by atoms with Crippen molar-refractivity contribution < 1.29 is 33.3 Å². The van der Waals surface area contributed by atoms with Gasteiger partial charge in [0.1, 0.15) is 29.9 Å². The summed E-state index contributed by atoms with van der Waals surface area (Å²) in [6.45, 7) is 5.73. The van der Waals surface area contributed by atoms with Crippen molar-refractivity contribution in [1.82, 2.24) is 4.98 Å². The Morgan fingerprint density at radius 3 is 2.14 bits per heavy atom. The fraction of sp³-hybridized carbons (Fsp3) is 0.333. The molecule has 2 heterocycles. The molecule has 1 aliphatic rings. The van der Waals surface area contributed by atoms with Crippen LogP contribution in [0.3, 0.4) is 0 Å². The van der Waals surface area contributed by atoms with Gasteiger partial charge in [-0.05, 0) is 45.0 Å². The lowest BCUT2D eigenvalue weighted by Gasteiger charge is -2.19. The summed E-state index contributed by atoms with van der Waals surface area (Å²) in [6, 6.07) is 14.1. The number of ether oxygens (including phenoxy) is 4. The first kappa shape index (κ1) is 25.5. The molecule has 3 aromatic rings. The third-order valence-electron chi connectivity index (χ3n) is 5.69. The largest absolute Gasteiger partial charge is 0.461 e. The highest BCUT2D eigenvalue weighted by Gasteiger charge is 2.41. The van der Waals surface area contributed by atoms with E-state index in [0.29, 0.717) is 22.6 Å². The van der Waals surface area contributed by atoms with Crippen molar-refractivity contribution in [2.75, 3.05) is 13.2 Å². The van der Waals surface area contributed by atoms with Gasteiger partial charge in [-0.15, -0.1) is 11.3 Å². The van der Waals surface area contributed by atoms with Crippen molar-refractivity contribution in [2.45, 2.75) is 45.5 Å². The van der Waals surface area contributed by atoms with E-state index in [1.54, 1.807) is 36.6 Å². The van der Waals surface area contributed by atoms with E-state index >= 15 is 0 Å². The number of aryl methyl sites for hydroxylation is 2. The first-order valence-corrected chi connectivity index (χ1v) is 12.5. The Kier molecular flexibility index (Phi) is 8.12. The maximum atomic E-state index is 12.8. The minimum Gasteiger partial charge on any atom is -0.461 e. The molecule has 1 fully saturated rings. The zero-order chi connectivity index (χ0) is 25.7. The lowest BCUT2D eigenvalue weighted by atomic mass is 10.1. The summed E-state index contributed by atoms with van der Waals surface area (Å²) in [5.41, 5.74) is 3.09. The van der Waals surface area contributed by atoms with Gasteiger partial charge in [-0.3, -0.25) is 0 Å². The number of benzene rings is 2. The van der Waals surface area contributed by atoms with E-state index in [2.05, 4.69) is 4.98 Å². The number of aromatic nitrogens is 1. The molecule has 0 unspecified atom stereocenters. The Morgan fingerprint density at radius 2 is 1.53 bits per heavy atom. The highest BCUT2D eigenvalue weighted by Crippen LogP contribution is 2.37. The number of nitrogens with zero attached hydrogens (tertiary/aromatic N) is 1. The maximum absolute atomic E-state index is 12.8. The van der Waals surface area contributed by atoms with Crippen LogP contribution in [0.15, 0.2) is 53.9 Å². The molecule has 0 N–H and O–H groups in total. The van der Waals surface area contributed by atoms with E-state index < -0.39 is 36.2 Å². The van der Waals surface area contributed by atoms with E-state index in [4.69, 9.17) is 18.9 Å². The molecule has 4 rings (SSSR count). The van der Waals surface area contributed by atoms with Crippen molar-refractivity contribution in [3.05, 3.63) is 86.9 Å². The average Bonchev–Trinajstić information content (AvgIpc) is 3.51. The van der Waals surface area contributed by atoms with Crippen LogP contribution in [0.2, 0.25) is 0 Å². The smallest absolute Gasteiger partial charge is 0.357 e. The first-order valence-electron chi connectivity index (χ1n) is 11.6. The third kappa shape index (κ3) is 6.16. The number of rotatable bonds is 8. The van der Waals surface area contributed by atoms with Crippen LogP contribution < -0.4 is 0 Å². The number of hydrogen-bond donors (Lipinski definition) is 0. The molecule has 0 radical (unpaired) electrons. The van der Waals surface area contributed by atoms with Gasteiger partial charge in [-0.2, -0.15) is 0 Å². The molecule has 8 nitrogen and oxygen atoms in total. The Labute approximate surface area is 213 Å². The number of carbonyl (C=O) groups excluding carboxylic acids is 3. The second kappa shape index (κ2) is 11.5. The predicted octanol–water partition coefficient (Wildman–Crippen LogP) is 4.85. The molecule has 0 spiro atoms. The number of carbonyl (C=O) groups is 3. The molecular weight excluding hydrogens is 482 g/mol. The molecule has 1 aliphatic heterocycles. The number of hydrogen-bond acceptors (Lipinski definition) is 9. The number of thiazole rings is 1. The maximum Gasteiger partial charge on any atom is 0.357 e. The van der Waals surface area contributed by atoms with E-state index in [-0.39, 0.29) is 18.9 Å². The zero-order valence-electron chi connectivity index (χ0n) is 20.3. The fourth-order valence-corrected chi connectivity index (χ4v) is 4.54. The van der Waals surface area contributed by atoms with Crippen LogP contribution in [-0.4, -0.2) is 48.3 Å². The molecule has 188 valence electrons. The Balaban J connectivity index is 1.48. The summed E-state index contributed by atoms with van der Waals surface area (Å²) in [5.74, 6) is -1.50. The van der Waals surface area contributed by atoms with Crippen LogP contribution in [0.25, 0.3) is 0 Å². The minimum atomic E-state index is -0.700. The lowest BCUT2D eigenvalue weighted by molar-refractivity contribution is -0.0428. The standard InChI is InChI=1S/C27H27NO7S/c1-4-32-27(31)20-15-36-24(28-20)22-13-21(35-26(30)19-11-7-17(3)8-12-19)23(34-22)14-33-25(29)18-9-5-16(2)6-10-18/h5-12,15,21-23H,4,13-14H2,1-3H3/t21-,22-,23+/m0/s1. The Bertz CT molecular complexity index is 1220. The first-order chi connectivity index (χ1) is 17.3. The van der Waals surface area contributed by atoms with Gasteiger partial charge in [-0.25, -0.2) is 19.4 Å². The minimum absolute atomic E-state index is 0.106. The summed E-state index contributed by atoms with van der Waals surface area (Å²) >= 11 is 1.26. The Hall–Kier alpha value is -3.56. The summed E-state index contributed by atoms with van der Waals surface area (Å²) < 4.78 is 22.4. The van der Waals surface area contributed by atoms with Gasteiger partial charge >= 0.3 is 17.9 Å². The average molecular weight is 510 g/mol. The van der Waals surface area contributed by atoms with Gasteiger partial charge in [0.25, 0.3) is 0 Å². The highest BCUT2D eigenvalue weighted by molar-refractivity contribution is 7.09.